The highest BCUT2D eigenvalue weighted by Crippen LogP contribution is 2.16. The van der Waals surface area contributed by atoms with E-state index in [-0.39, 0.29) is 11.5 Å². The summed E-state index contributed by atoms with van der Waals surface area (Å²) in [6, 6.07) is 1.72. The first kappa shape index (κ1) is 17.7. The second-order valence-electron chi connectivity index (χ2n) is 7.24. The van der Waals surface area contributed by atoms with E-state index in [0.29, 0.717) is 43.1 Å². The van der Waals surface area contributed by atoms with Crippen LogP contribution >= 0.6 is 0 Å². The molecule has 4 rings (SSSR count). The van der Waals surface area contributed by atoms with E-state index in [4.69, 9.17) is 4.98 Å². The summed E-state index contributed by atoms with van der Waals surface area (Å²) in [7, 11) is 3.85. The molecule has 0 aliphatic carbocycles. The van der Waals surface area contributed by atoms with Crippen molar-refractivity contribution in [1.82, 2.24) is 29.5 Å². The molecule has 0 atom stereocenters. The Bertz CT molecular complexity index is 895. The molecule has 2 aliphatic rings. The van der Waals surface area contributed by atoms with Gasteiger partial charge < -0.3 is 14.7 Å². The number of fused-ring (bicyclic) bond motifs is 1. The molecule has 2 aliphatic heterocycles. The molecule has 0 unspecified atom stereocenters. The van der Waals surface area contributed by atoms with E-state index in [1.807, 2.05) is 0 Å². The maximum absolute atomic E-state index is 12.8. The van der Waals surface area contributed by atoms with E-state index in [2.05, 4.69) is 26.9 Å². The number of rotatable bonds is 2. The summed E-state index contributed by atoms with van der Waals surface area (Å²) in [4.78, 5) is 39.3. The van der Waals surface area contributed by atoms with Crippen molar-refractivity contribution in [1.29, 1.82) is 0 Å². The fraction of sp³-hybridized carbons (Fsp3) is 0.556. The van der Waals surface area contributed by atoms with Gasteiger partial charge in [0.25, 0.3) is 11.5 Å². The first-order valence-corrected chi connectivity index (χ1v) is 9.36. The molecule has 0 spiro atoms. The second kappa shape index (κ2) is 7.15. The summed E-state index contributed by atoms with van der Waals surface area (Å²) < 4.78 is 1.58. The number of carbonyl (C=O) groups is 1. The largest absolute Gasteiger partial charge is 0.340 e. The Labute approximate surface area is 157 Å². The molecule has 0 aromatic carbocycles. The zero-order valence-corrected chi connectivity index (χ0v) is 15.8. The molecule has 2 aromatic heterocycles. The van der Waals surface area contributed by atoms with E-state index in [9.17, 15) is 9.59 Å². The summed E-state index contributed by atoms with van der Waals surface area (Å²) in [5.41, 5.74) is 1.99. The molecule has 27 heavy (non-hydrogen) atoms. The van der Waals surface area contributed by atoms with Gasteiger partial charge in [-0.1, -0.05) is 0 Å². The summed E-state index contributed by atoms with van der Waals surface area (Å²) in [6.45, 7) is 4.67. The molecule has 144 valence electrons. The van der Waals surface area contributed by atoms with Crippen LogP contribution in [0.1, 0.15) is 21.7 Å². The Hall–Kier alpha value is -2.68. The van der Waals surface area contributed by atoms with Gasteiger partial charge in [-0.15, -0.1) is 0 Å². The van der Waals surface area contributed by atoms with Crippen LogP contribution in [0, 0.1) is 0 Å². The van der Waals surface area contributed by atoms with Crippen molar-refractivity contribution < 1.29 is 4.79 Å². The SMILES string of the molecule is CN1CCN(c2nc3c(c(=O)[nH]2)CCN(C(=O)c2ccnn2C)CC3)CC1. The van der Waals surface area contributed by atoms with Crippen LogP contribution in [0.2, 0.25) is 0 Å². The topological polar surface area (TPSA) is 90.4 Å². The van der Waals surface area contributed by atoms with Crippen molar-refractivity contribution in [3.8, 4) is 0 Å². The van der Waals surface area contributed by atoms with Crippen LogP contribution in [0.4, 0.5) is 5.95 Å². The van der Waals surface area contributed by atoms with Gasteiger partial charge in [-0.25, -0.2) is 4.98 Å². The zero-order valence-electron chi connectivity index (χ0n) is 15.8. The number of piperazine rings is 1. The third-order valence-corrected chi connectivity index (χ3v) is 5.47. The van der Waals surface area contributed by atoms with Crippen LogP contribution in [0.25, 0.3) is 0 Å². The van der Waals surface area contributed by atoms with Crippen molar-refractivity contribution in [2.75, 3.05) is 51.2 Å². The van der Waals surface area contributed by atoms with Crippen molar-refractivity contribution in [3.05, 3.63) is 39.6 Å². The van der Waals surface area contributed by atoms with Gasteiger partial charge in [0.1, 0.15) is 5.69 Å². The lowest BCUT2D eigenvalue weighted by atomic mass is 10.1. The first-order valence-electron chi connectivity index (χ1n) is 9.36. The Kier molecular flexibility index (Phi) is 4.69. The number of aromatic amines is 1. The van der Waals surface area contributed by atoms with Gasteiger partial charge in [-0.3, -0.25) is 19.3 Å². The van der Waals surface area contributed by atoms with Crippen LogP contribution in [0.15, 0.2) is 17.1 Å². The van der Waals surface area contributed by atoms with E-state index in [1.54, 1.807) is 28.9 Å². The minimum atomic E-state index is -0.0799. The number of amides is 1. The average Bonchev–Trinajstić information content (AvgIpc) is 2.96. The van der Waals surface area contributed by atoms with Crippen LogP contribution in [-0.2, 0) is 19.9 Å². The van der Waals surface area contributed by atoms with Crippen LogP contribution in [0.5, 0.6) is 0 Å². The quantitative estimate of drug-likeness (QED) is 0.765. The minimum Gasteiger partial charge on any atom is -0.340 e. The van der Waals surface area contributed by atoms with E-state index >= 15 is 0 Å². The number of aromatic nitrogens is 4. The van der Waals surface area contributed by atoms with Crippen LogP contribution in [0.3, 0.4) is 0 Å². The molecule has 0 bridgehead atoms. The number of likely N-dealkylation sites (N-methyl/N-ethyl adjacent to an activating group) is 1. The van der Waals surface area contributed by atoms with Gasteiger partial charge in [-0.05, 0) is 19.5 Å². The molecule has 4 heterocycles. The number of nitrogens with zero attached hydrogens (tertiary/aromatic N) is 6. The molecule has 0 saturated carbocycles. The van der Waals surface area contributed by atoms with Crippen molar-refractivity contribution >= 4 is 11.9 Å². The maximum Gasteiger partial charge on any atom is 0.272 e. The molecule has 1 saturated heterocycles. The number of aryl methyl sites for hydroxylation is 1. The number of hydrogen-bond donors (Lipinski definition) is 1. The molecular weight excluding hydrogens is 346 g/mol. The summed E-state index contributed by atoms with van der Waals surface area (Å²) >= 11 is 0. The van der Waals surface area contributed by atoms with Gasteiger partial charge in [0, 0.05) is 64.5 Å². The molecule has 9 nitrogen and oxygen atoms in total. The normalized spacial score (nSPS) is 18.3. The summed E-state index contributed by atoms with van der Waals surface area (Å²) in [5.74, 6) is 0.594. The van der Waals surface area contributed by atoms with Gasteiger partial charge in [0.2, 0.25) is 5.95 Å². The lowest BCUT2D eigenvalue weighted by Crippen LogP contribution is -2.45. The number of anilines is 1. The first-order chi connectivity index (χ1) is 13.0. The predicted octanol–water partition coefficient (Wildman–Crippen LogP) is -0.504. The van der Waals surface area contributed by atoms with E-state index in [0.717, 1.165) is 31.9 Å². The molecule has 2 aromatic rings. The monoisotopic (exact) mass is 371 g/mol. The molecule has 0 radical (unpaired) electrons. The second-order valence-corrected chi connectivity index (χ2v) is 7.24. The fourth-order valence-electron chi connectivity index (χ4n) is 3.71. The van der Waals surface area contributed by atoms with E-state index < -0.39 is 0 Å². The number of nitrogens with one attached hydrogen (secondary N) is 1. The Morgan fingerprint density at radius 3 is 2.52 bits per heavy atom. The standard InChI is InChI=1S/C18H25N7O2/c1-22-9-11-25(12-10-22)18-20-14-5-8-24(7-4-13(14)16(26)21-18)17(27)15-3-6-19-23(15)2/h3,6H,4-5,7-12H2,1-2H3,(H,20,21,26). The van der Waals surface area contributed by atoms with Crippen molar-refractivity contribution in [3.63, 3.8) is 0 Å². The predicted molar refractivity (Wildman–Crippen MR) is 101 cm³/mol. The third-order valence-electron chi connectivity index (χ3n) is 5.47. The van der Waals surface area contributed by atoms with Crippen molar-refractivity contribution in [2.24, 2.45) is 7.05 Å². The van der Waals surface area contributed by atoms with E-state index in [1.165, 1.54) is 0 Å². The highest BCUT2D eigenvalue weighted by Gasteiger charge is 2.25. The van der Waals surface area contributed by atoms with Gasteiger partial charge in [0.15, 0.2) is 0 Å². The number of carbonyl (C=O) groups excluding carboxylic acids is 1. The van der Waals surface area contributed by atoms with Gasteiger partial charge in [0.05, 0.1) is 5.69 Å². The Morgan fingerprint density at radius 2 is 1.81 bits per heavy atom. The van der Waals surface area contributed by atoms with Crippen LogP contribution < -0.4 is 10.5 Å². The number of H-pyrrole nitrogens is 1. The van der Waals surface area contributed by atoms with Crippen molar-refractivity contribution in [2.45, 2.75) is 12.8 Å². The Balaban J connectivity index is 1.54. The summed E-state index contributed by atoms with van der Waals surface area (Å²) in [5, 5.41) is 4.07. The summed E-state index contributed by atoms with van der Waals surface area (Å²) in [6.07, 6.45) is 2.72. The molecular formula is C18H25N7O2. The smallest absolute Gasteiger partial charge is 0.272 e. The highest BCUT2D eigenvalue weighted by molar-refractivity contribution is 5.92. The lowest BCUT2D eigenvalue weighted by molar-refractivity contribution is 0.0752. The fourth-order valence-corrected chi connectivity index (χ4v) is 3.71. The number of hydrogen-bond acceptors (Lipinski definition) is 6. The Morgan fingerprint density at radius 1 is 1.07 bits per heavy atom. The molecule has 9 heteroatoms. The third kappa shape index (κ3) is 3.46. The van der Waals surface area contributed by atoms with Crippen LogP contribution in [-0.4, -0.2) is 81.8 Å². The molecule has 1 fully saturated rings. The molecule has 1 amide bonds. The average molecular weight is 371 g/mol. The molecule has 1 N–H and O–H groups in total. The van der Waals surface area contributed by atoms with Gasteiger partial charge in [-0.2, -0.15) is 5.10 Å². The van der Waals surface area contributed by atoms with Gasteiger partial charge >= 0.3 is 0 Å². The highest BCUT2D eigenvalue weighted by atomic mass is 16.2. The lowest BCUT2D eigenvalue weighted by Gasteiger charge is -2.32. The maximum atomic E-state index is 12.8. The zero-order chi connectivity index (χ0) is 19.0. The minimum absolute atomic E-state index is 0.0569.